The predicted octanol–water partition coefficient (Wildman–Crippen LogP) is 2.95. The molecule has 12 heavy (non-hydrogen) atoms. The molecule has 0 aromatic heterocycles. The SMILES string of the molecule is CCC1=CCN(CC)C=C1CC. The minimum absolute atomic E-state index is 1.10. The highest BCUT2D eigenvalue weighted by Gasteiger charge is 2.08. The quantitative estimate of drug-likeness (QED) is 0.621. The van der Waals surface area contributed by atoms with Crippen LogP contribution < -0.4 is 0 Å². The zero-order chi connectivity index (χ0) is 8.97. The van der Waals surface area contributed by atoms with Gasteiger partial charge in [-0.05, 0) is 30.9 Å². The van der Waals surface area contributed by atoms with Crippen LogP contribution in [0, 0.1) is 0 Å². The maximum absolute atomic E-state index is 2.36. The molecule has 0 spiro atoms. The minimum Gasteiger partial charge on any atom is -0.374 e. The molecule has 0 aromatic carbocycles. The molecule has 0 bridgehead atoms. The Balaban J connectivity index is 2.71. The van der Waals surface area contributed by atoms with Crippen LogP contribution in [0.2, 0.25) is 0 Å². The Hall–Kier alpha value is -0.720. The monoisotopic (exact) mass is 165 g/mol. The van der Waals surface area contributed by atoms with E-state index >= 15 is 0 Å². The van der Waals surface area contributed by atoms with Crippen molar-refractivity contribution in [3.63, 3.8) is 0 Å². The summed E-state index contributed by atoms with van der Waals surface area (Å²) in [6.45, 7) is 8.89. The lowest BCUT2D eigenvalue weighted by Gasteiger charge is -2.24. The molecule has 1 aliphatic heterocycles. The number of allylic oxidation sites excluding steroid dienone is 2. The van der Waals surface area contributed by atoms with Crippen molar-refractivity contribution in [1.82, 2.24) is 4.90 Å². The van der Waals surface area contributed by atoms with Gasteiger partial charge < -0.3 is 4.90 Å². The van der Waals surface area contributed by atoms with Crippen LogP contribution >= 0.6 is 0 Å². The van der Waals surface area contributed by atoms with Gasteiger partial charge in [-0.1, -0.05) is 19.9 Å². The van der Waals surface area contributed by atoms with E-state index < -0.39 is 0 Å². The lowest BCUT2D eigenvalue weighted by Crippen LogP contribution is -2.21. The van der Waals surface area contributed by atoms with E-state index in [4.69, 9.17) is 0 Å². The Kier molecular flexibility index (Phi) is 3.39. The zero-order valence-electron chi connectivity index (χ0n) is 8.43. The van der Waals surface area contributed by atoms with Gasteiger partial charge in [-0.25, -0.2) is 0 Å². The first-order valence-corrected chi connectivity index (χ1v) is 4.95. The average molecular weight is 165 g/mol. The highest BCUT2D eigenvalue weighted by atomic mass is 15.1. The van der Waals surface area contributed by atoms with Crippen LogP contribution in [-0.4, -0.2) is 18.0 Å². The zero-order valence-corrected chi connectivity index (χ0v) is 8.43. The average Bonchev–Trinajstić information content (AvgIpc) is 2.16. The standard InChI is InChI=1S/C11H19N/c1-4-10-7-8-12(6-3)9-11(10)5-2/h7,9H,4-6,8H2,1-3H3. The summed E-state index contributed by atoms with van der Waals surface area (Å²) < 4.78 is 0. The lowest BCUT2D eigenvalue weighted by molar-refractivity contribution is 0.427. The molecule has 1 rings (SSSR count). The highest BCUT2D eigenvalue weighted by Crippen LogP contribution is 2.21. The Bertz CT molecular complexity index is 201. The maximum Gasteiger partial charge on any atom is 0.0359 e. The van der Waals surface area contributed by atoms with Crippen molar-refractivity contribution >= 4 is 0 Å². The minimum atomic E-state index is 1.10. The van der Waals surface area contributed by atoms with Gasteiger partial charge in [-0.15, -0.1) is 0 Å². The summed E-state index contributed by atoms with van der Waals surface area (Å²) in [6.07, 6.45) is 7.02. The van der Waals surface area contributed by atoms with E-state index in [9.17, 15) is 0 Å². The van der Waals surface area contributed by atoms with E-state index in [2.05, 4.69) is 37.9 Å². The molecular weight excluding hydrogens is 146 g/mol. The van der Waals surface area contributed by atoms with Crippen LogP contribution in [-0.2, 0) is 0 Å². The molecule has 1 heteroatoms. The molecule has 0 radical (unpaired) electrons. The molecule has 0 unspecified atom stereocenters. The first kappa shape index (κ1) is 9.37. The van der Waals surface area contributed by atoms with Gasteiger partial charge in [0.2, 0.25) is 0 Å². The van der Waals surface area contributed by atoms with Gasteiger partial charge in [0.25, 0.3) is 0 Å². The molecule has 1 nitrogen and oxygen atoms in total. The molecule has 0 saturated heterocycles. The van der Waals surface area contributed by atoms with Crippen molar-refractivity contribution in [2.75, 3.05) is 13.1 Å². The highest BCUT2D eigenvalue weighted by molar-refractivity contribution is 5.33. The number of hydrogen-bond acceptors (Lipinski definition) is 1. The second kappa shape index (κ2) is 4.34. The first-order valence-electron chi connectivity index (χ1n) is 4.95. The number of rotatable bonds is 3. The third kappa shape index (κ3) is 1.90. The van der Waals surface area contributed by atoms with Crippen LogP contribution in [0.1, 0.15) is 33.6 Å². The molecule has 0 atom stereocenters. The Morgan fingerprint density at radius 3 is 2.33 bits per heavy atom. The molecule has 0 aromatic rings. The molecule has 0 N–H and O–H groups in total. The second-order valence-corrected chi connectivity index (χ2v) is 3.18. The summed E-state index contributed by atoms with van der Waals surface area (Å²) in [5.74, 6) is 0. The Labute approximate surface area is 75.8 Å². The van der Waals surface area contributed by atoms with Crippen LogP contribution in [0.15, 0.2) is 23.4 Å². The normalized spacial score (nSPS) is 17.4. The van der Waals surface area contributed by atoms with Crippen molar-refractivity contribution in [1.29, 1.82) is 0 Å². The summed E-state index contributed by atoms with van der Waals surface area (Å²) in [6, 6.07) is 0. The van der Waals surface area contributed by atoms with Crippen LogP contribution in [0.5, 0.6) is 0 Å². The summed E-state index contributed by atoms with van der Waals surface area (Å²) in [5, 5.41) is 0. The van der Waals surface area contributed by atoms with E-state index in [-0.39, 0.29) is 0 Å². The smallest absolute Gasteiger partial charge is 0.0359 e. The first-order chi connectivity index (χ1) is 5.81. The number of hydrogen-bond donors (Lipinski definition) is 0. The van der Waals surface area contributed by atoms with Gasteiger partial charge in [0.15, 0.2) is 0 Å². The summed E-state index contributed by atoms with van der Waals surface area (Å²) in [5.41, 5.74) is 3.06. The summed E-state index contributed by atoms with van der Waals surface area (Å²) in [7, 11) is 0. The van der Waals surface area contributed by atoms with Gasteiger partial charge >= 0.3 is 0 Å². The van der Waals surface area contributed by atoms with Crippen LogP contribution in [0.4, 0.5) is 0 Å². The topological polar surface area (TPSA) is 3.24 Å². The van der Waals surface area contributed by atoms with Crippen molar-refractivity contribution in [3.05, 3.63) is 23.4 Å². The van der Waals surface area contributed by atoms with E-state index in [0.29, 0.717) is 0 Å². The largest absolute Gasteiger partial charge is 0.374 e. The van der Waals surface area contributed by atoms with Gasteiger partial charge in [0.1, 0.15) is 0 Å². The van der Waals surface area contributed by atoms with Crippen molar-refractivity contribution in [3.8, 4) is 0 Å². The second-order valence-electron chi connectivity index (χ2n) is 3.18. The third-order valence-electron chi connectivity index (χ3n) is 2.49. The fourth-order valence-electron chi connectivity index (χ4n) is 1.62. The van der Waals surface area contributed by atoms with Crippen molar-refractivity contribution in [2.24, 2.45) is 0 Å². The molecule has 0 saturated carbocycles. The molecule has 68 valence electrons. The predicted molar refractivity (Wildman–Crippen MR) is 54.0 cm³/mol. The van der Waals surface area contributed by atoms with E-state index in [1.807, 2.05) is 0 Å². The molecule has 1 aliphatic rings. The van der Waals surface area contributed by atoms with Gasteiger partial charge in [-0.2, -0.15) is 0 Å². The number of likely N-dealkylation sites (N-methyl/N-ethyl adjacent to an activating group) is 1. The number of nitrogens with zero attached hydrogens (tertiary/aromatic N) is 1. The fourth-order valence-corrected chi connectivity index (χ4v) is 1.62. The van der Waals surface area contributed by atoms with E-state index in [1.54, 1.807) is 5.57 Å². The van der Waals surface area contributed by atoms with Crippen LogP contribution in [0.3, 0.4) is 0 Å². The van der Waals surface area contributed by atoms with Gasteiger partial charge in [-0.3, -0.25) is 0 Å². The summed E-state index contributed by atoms with van der Waals surface area (Å²) in [4.78, 5) is 2.36. The molecule has 0 aliphatic carbocycles. The third-order valence-corrected chi connectivity index (χ3v) is 2.49. The van der Waals surface area contributed by atoms with E-state index in [1.165, 1.54) is 12.0 Å². The van der Waals surface area contributed by atoms with Crippen LogP contribution in [0.25, 0.3) is 0 Å². The van der Waals surface area contributed by atoms with Crippen molar-refractivity contribution < 1.29 is 0 Å². The molecular formula is C11H19N. The lowest BCUT2D eigenvalue weighted by atomic mass is 9.99. The molecule has 0 fully saturated rings. The van der Waals surface area contributed by atoms with Gasteiger partial charge in [0, 0.05) is 19.3 Å². The fraction of sp³-hybridized carbons (Fsp3) is 0.636. The Morgan fingerprint density at radius 1 is 1.17 bits per heavy atom. The van der Waals surface area contributed by atoms with E-state index in [0.717, 1.165) is 19.5 Å². The molecule has 0 amide bonds. The molecule has 1 heterocycles. The summed E-state index contributed by atoms with van der Waals surface area (Å²) >= 11 is 0. The Morgan fingerprint density at radius 2 is 1.83 bits per heavy atom. The van der Waals surface area contributed by atoms with Crippen molar-refractivity contribution in [2.45, 2.75) is 33.6 Å². The van der Waals surface area contributed by atoms with Gasteiger partial charge in [0.05, 0.1) is 0 Å². The maximum atomic E-state index is 2.36.